The van der Waals surface area contributed by atoms with Gasteiger partial charge in [-0.1, -0.05) is 68.1 Å². The van der Waals surface area contributed by atoms with E-state index in [1.807, 2.05) is 109 Å². The Labute approximate surface area is 201 Å². The van der Waals surface area contributed by atoms with Crippen LogP contribution in [0.3, 0.4) is 0 Å². The number of rotatable bonds is 7. The highest BCUT2D eigenvalue weighted by atomic mass is 16.5. The molecule has 1 aliphatic rings. The second-order valence-corrected chi connectivity index (χ2v) is 8.29. The van der Waals surface area contributed by atoms with Gasteiger partial charge in [0.25, 0.3) is 0 Å². The standard InChI is InChI=1S/C29H27NO3.CH4/c31-29(28-12-7-21-30-28,22-13-17-26(18-14-22)32-24-8-3-1-4-9-24)23-15-19-27(20-16-23)33-25-10-5-2-6-11-25;/h1-6,8-11,13-20,28,30-31H,7,12,21H2;1H4/t28-;/m1./s1. The maximum Gasteiger partial charge on any atom is 0.130 e. The van der Waals surface area contributed by atoms with E-state index in [1.165, 1.54) is 0 Å². The minimum absolute atomic E-state index is 0. The molecule has 1 saturated heterocycles. The Hall–Kier alpha value is -3.60. The molecule has 0 bridgehead atoms. The molecule has 1 aliphatic heterocycles. The summed E-state index contributed by atoms with van der Waals surface area (Å²) in [6, 6.07) is 34.8. The van der Waals surface area contributed by atoms with E-state index < -0.39 is 5.60 Å². The normalized spacial score (nSPS) is 15.4. The first-order chi connectivity index (χ1) is 16.2. The third-order valence-corrected chi connectivity index (χ3v) is 6.11. The van der Waals surface area contributed by atoms with Crippen LogP contribution in [0.15, 0.2) is 109 Å². The molecule has 4 aromatic rings. The smallest absolute Gasteiger partial charge is 0.130 e. The Morgan fingerprint density at radius 2 is 1.03 bits per heavy atom. The Kier molecular flexibility index (Phi) is 7.31. The molecule has 0 unspecified atom stereocenters. The van der Waals surface area contributed by atoms with Crippen molar-refractivity contribution in [3.63, 3.8) is 0 Å². The van der Waals surface area contributed by atoms with E-state index in [-0.39, 0.29) is 13.5 Å². The molecule has 4 heteroatoms. The molecule has 4 nitrogen and oxygen atoms in total. The van der Waals surface area contributed by atoms with Crippen LogP contribution in [-0.4, -0.2) is 17.7 Å². The lowest BCUT2D eigenvalue weighted by atomic mass is 9.79. The zero-order chi connectivity index (χ0) is 22.5. The van der Waals surface area contributed by atoms with Gasteiger partial charge in [-0.2, -0.15) is 0 Å². The number of ether oxygens (including phenoxy) is 2. The van der Waals surface area contributed by atoms with Crippen LogP contribution in [0.5, 0.6) is 23.0 Å². The molecule has 174 valence electrons. The molecule has 1 heterocycles. The van der Waals surface area contributed by atoms with Gasteiger partial charge in [0.2, 0.25) is 0 Å². The molecule has 0 saturated carbocycles. The molecule has 1 atom stereocenters. The third kappa shape index (κ3) is 4.98. The number of para-hydroxylation sites is 2. The fraction of sp³-hybridized carbons (Fsp3) is 0.200. The van der Waals surface area contributed by atoms with Crippen LogP contribution in [0.1, 0.15) is 31.4 Å². The van der Waals surface area contributed by atoms with Crippen LogP contribution in [0.4, 0.5) is 0 Å². The summed E-state index contributed by atoms with van der Waals surface area (Å²) in [5.74, 6) is 3.04. The van der Waals surface area contributed by atoms with E-state index >= 15 is 0 Å². The van der Waals surface area contributed by atoms with E-state index in [0.29, 0.717) is 0 Å². The van der Waals surface area contributed by atoms with Gasteiger partial charge in [-0.25, -0.2) is 0 Å². The monoisotopic (exact) mass is 453 g/mol. The summed E-state index contributed by atoms with van der Waals surface area (Å²) in [4.78, 5) is 0. The molecular weight excluding hydrogens is 422 g/mol. The Bertz CT molecular complexity index is 1070. The second kappa shape index (κ2) is 10.6. The van der Waals surface area contributed by atoms with E-state index in [2.05, 4.69) is 5.32 Å². The number of nitrogens with one attached hydrogen (secondary N) is 1. The molecule has 0 aliphatic carbocycles. The summed E-state index contributed by atoms with van der Waals surface area (Å²) in [5.41, 5.74) is 0.505. The lowest BCUT2D eigenvalue weighted by Crippen LogP contribution is -2.46. The molecule has 0 aromatic heterocycles. The Balaban J connectivity index is 0.00000274. The third-order valence-electron chi connectivity index (χ3n) is 6.11. The maximum atomic E-state index is 12.1. The Morgan fingerprint density at radius 3 is 1.41 bits per heavy atom. The van der Waals surface area contributed by atoms with Crippen molar-refractivity contribution >= 4 is 0 Å². The number of hydrogen-bond acceptors (Lipinski definition) is 4. The predicted molar refractivity (Wildman–Crippen MR) is 137 cm³/mol. The van der Waals surface area contributed by atoms with Crippen LogP contribution in [0, 0.1) is 0 Å². The molecule has 0 radical (unpaired) electrons. The predicted octanol–water partition coefficient (Wildman–Crippen LogP) is 6.90. The number of aliphatic hydroxyl groups is 1. The SMILES string of the molecule is C.OC(c1ccc(Oc2ccccc2)cc1)(c1ccc(Oc2ccccc2)cc1)[C@H]1CCCN1. The number of hydrogen-bond donors (Lipinski definition) is 2. The minimum atomic E-state index is -1.16. The fourth-order valence-electron chi connectivity index (χ4n) is 4.41. The van der Waals surface area contributed by atoms with E-state index in [9.17, 15) is 5.11 Å². The van der Waals surface area contributed by atoms with Crippen LogP contribution in [0.25, 0.3) is 0 Å². The summed E-state index contributed by atoms with van der Waals surface area (Å²) in [7, 11) is 0. The van der Waals surface area contributed by atoms with Crippen molar-refractivity contribution < 1.29 is 14.6 Å². The van der Waals surface area contributed by atoms with Gasteiger partial charge in [0.05, 0.1) is 0 Å². The van der Waals surface area contributed by atoms with Crippen molar-refractivity contribution in [1.82, 2.24) is 5.32 Å². The zero-order valence-corrected chi connectivity index (χ0v) is 18.4. The summed E-state index contributed by atoms with van der Waals surface area (Å²) >= 11 is 0. The van der Waals surface area contributed by atoms with Gasteiger partial charge in [0, 0.05) is 6.04 Å². The molecule has 2 N–H and O–H groups in total. The average molecular weight is 454 g/mol. The van der Waals surface area contributed by atoms with Crippen molar-refractivity contribution in [2.45, 2.75) is 31.9 Å². The highest BCUT2D eigenvalue weighted by Gasteiger charge is 2.41. The number of benzene rings is 4. The van der Waals surface area contributed by atoms with Gasteiger partial charge in [-0.05, 0) is 79.0 Å². The van der Waals surface area contributed by atoms with Gasteiger partial charge < -0.3 is 19.9 Å². The summed E-state index contributed by atoms with van der Waals surface area (Å²) in [6.45, 7) is 0.900. The molecule has 0 spiro atoms. The topological polar surface area (TPSA) is 50.7 Å². The summed E-state index contributed by atoms with van der Waals surface area (Å²) in [5, 5.41) is 15.6. The van der Waals surface area contributed by atoms with Crippen LogP contribution >= 0.6 is 0 Å². The summed E-state index contributed by atoms with van der Waals surface area (Å²) in [6.07, 6.45) is 1.94. The quantitative estimate of drug-likeness (QED) is 0.320. The van der Waals surface area contributed by atoms with Crippen molar-refractivity contribution in [3.8, 4) is 23.0 Å². The molecular formula is C30H31NO3. The Morgan fingerprint density at radius 1 is 0.618 bits per heavy atom. The van der Waals surface area contributed by atoms with Gasteiger partial charge in [0.1, 0.15) is 28.6 Å². The molecule has 0 amide bonds. The molecule has 1 fully saturated rings. The van der Waals surface area contributed by atoms with Gasteiger partial charge in [0.15, 0.2) is 0 Å². The first-order valence-electron chi connectivity index (χ1n) is 11.3. The van der Waals surface area contributed by atoms with Crippen LogP contribution < -0.4 is 14.8 Å². The van der Waals surface area contributed by atoms with E-state index in [1.54, 1.807) is 0 Å². The summed E-state index contributed by atoms with van der Waals surface area (Å²) < 4.78 is 11.9. The van der Waals surface area contributed by atoms with Crippen molar-refractivity contribution in [3.05, 3.63) is 120 Å². The highest BCUT2D eigenvalue weighted by molar-refractivity contribution is 5.44. The average Bonchev–Trinajstić information content (AvgIpc) is 3.42. The largest absolute Gasteiger partial charge is 0.457 e. The van der Waals surface area contributed by atoms with Gasteiger partial charge >= 0.3 is 0 Å². The first kappa shape index (κ1) is 23.6. The minimum Gasteiger partial charge on any atom is -0.457 e. The van der Waals surface area contributed by atoms with E-state index in [0.717, 1.165) is 53.5 Å². The van der Waals surface area contributed by atoms with Crippen molar-refractivity contribution in [2.75, 3.05) is 6.54 Å². The van der Waals surface area contributed by atoms with Gasteiger partial charge in [-0.15, -0.1) is 0 Å². The second-order valence-electron chi connectivity index (χ2n) is 8.29. The van der Waals surface area contributed by atoms with E-state index in [4.69, 9.17) is 9.47 Å². The molecule has 5 rings (SSSR count). The van der Waals surface area contributed by atoms with Crippen LogP contribution in [-0.2, 0) is 5.60 Å². The van der Waals surface area contributed by atoms with Gasteiger partial charge in [-0.3, -0.25) is 0 Å². The van der Waals surface area contributed by atoms with Crippen molar-refractivity contribution in [2.24, 2.45) is 0 Å². The highest BCUT2D eigenvalue weighted by Crippen LogP contribution is 2.38. The zero-order valence-electron chi connectivity index (χ0n) is 18.4. The molecule has 4 aromatic carbocycles. The maximum absolute atomic E-state index is 12.1. The molecule has 34 heavy (non-hydrogen) atoms. The van der Waals surface area contributed by atoms with Crippen LogP contribution in [0.2, 0.25) is 0 Å². The lowest BCUT2D eigenvalue weighted by Gasteiger charge is -2.35. The lowest BCUT2D eigenvalue weighted by molar-refractivity contribution is 0.0442. The fourth-order valence-corrected chi connectivity index (χ4v) is 4.41. The van der Waals surface area contributed by atoms with Crippen molar-refractivity contribution in [1.29, 1.82) is 0 Å². The first-order valence-corrected chi connectivity index (χ1v) is 11.3.